The molecule has 0 atom stereocenters. The monoisotopic (exact) mass is 413 g/mol. The molecule has 0 saturated carbocycles. The first kappa shape index (κ1) is 20.2. The lowest BCUT2D eigenvalue weighted by molar-refractivity contribution is 0.0948. The van der Waals surface area contributed by atoms with Crippen LogP contribution in [0.4, 0.5) is 0 Å². The molecule has 6 heteroatoms. The summed E-state index contributed by atoms with van der Waals surface area (Å²) in [5.74, 6) is 0.856. The third kappa shape index (κ3) is 4.43. The number of hydrogen-bond donors (Lipinski definition) is 1. The summed E-state index contributed by atoms with van der Waals surface area (Å²) in [6.45, 7) is 0.324. The van der Waals surface area contributed by atoms with Crippen LogP contribution in [0.1, 0.15) is 15.9 Å². The van der Waals surface area contributed by atoms with Gasteiger partial charge in [0.15, 0.2) is 0 Å². The van der Waals surface area contributed by atoms with Crippen molar-refractivity contribution in [2.45, 2.75) is 6.54 Å². The third-order valence-corrected chi connectivity index (χ3v) is 4.95. The average molecular weight is 413 g/mol. The van der Waals surface area contributed by atoms with Crippen LogP contribution in [-0.4, -0.2) is 29.9 Å². The quantitative estimate of drug-likeness (QED) is 0.485. The van der Waals surface area contributed by atoms with E-state index in [-0.39, 0.29) is 5.91 Å². The number of carbonyl (C=O) groups excluding carboxylic acids is 1. The Hall–Kier alpha value is -4.06. The van der Waals surface area contributed by atoms with Crippen LogP contribution < -0.4 is 14.8 Å². The SMILES string of the molecule is COc1ccc(C(=O)NCc2cn(-c3ccccc3)nc2-c2ccccc2)c(OC)c1. The van der Waals surface area contributed by atoms with E-state index in [0.717, 1.165) is 22.5 Å². The summed E-state index contributed by atoms with van der Waals surface area (Å²) in [5, 5.41) is 7.77. The third-order valence-electron chi connectivity index (χ3n) is 4.95. The first-order valence-electron chi connectivity index (χ1n) is 9.89. The summed E-state index contributed by atoms with van der Waals surface area (Å²) in [7, 11) is 3.10. The standard InChI is InChI=1S/C25H23N3O3/c1-30-21-13-14-22(23(15-21)31-2)25(29)26-16-19-17-28(20-11-7-4-8-12-20)27-24(19)18-9-5-3-6-10-18/h3-15,17H,16H2,1-2H3,(H,26,29). The van der Waals surface area contributed by atoms with Gasteiger partial charge in [0.25, 0.3) is 5.91 Å². The molecule has 0 unspecified atom stereocenters. The first-order chi connectivity index (χ1) is 15.2. The molecule has 0 fully saturated rings. The summed E-state index contributed by atoms with van der Waals surface area (Å²) in [6.07, 6.45) is 1.95. The van der Waals surface area contributed by atoms with Crippen molar-refractivity contribution in [2.24, 2.45) is 0 Å². The molecule has 1 aromatic heterocycles. The first-order valence-corrected chi connectivity index (χ1v) is 9.89. The van der Waals surface area contributed by atoms with Gasteiger partial charge in [0, 0.05) is 29.9 Å². The maximum absolute atomic E-state index is 12.9. The molecule has 0 spiro atoms. The van der Waals surface area contributed by atoms with Gasteiger partial charge in [-0.15, -0.1) is 0 Å². The second kappa shape index (κ2) is 9.17. The highest BCUT2D eigenvalue weighted by atomic mass is 16.5. The zero-order valence-electron chi connectivity index (χ0n) is 17.4. The maximum Gasteiger partial charge on any atom is 0.255 e. The normalized spacial score (nSPS) is 10.5. The predicted octanol–water partition coefficient (Wildman–Crippen LogP) is 4.49. The number of carbonyl (C=O) groups is 1. The Bertz CT molecular complexity index is 1170. The van der Waals surface area contributed by atoms with E-state index in [1.54, 1.807) is 25.3 Å². The zero-order chi connectivity index (χ0) is 21.6. The number of hydrogen-bond acceptors (Lipinski definition) is 4. The van der Waals surface area contributed by atoms with Crippen molar-refractivity contribution in [1.82, 2.24) is 15.1 Å². The summed E-state index contributed by atoms with van der Waals surface area (Å²) in [4.78, 5) is 12.9. The van der Waals surface area contributed by atoms with Crippen molar-refractivity contribution in [1.29, 1.82) is 0 Å². The number of benzene rings is 3. The second-order valence-corrected chi connectivity index (χ2v) is 6.90. The van der Waals surface area contributed by atoms with Gasteiger partial charge in [0.2, 0.25) is 0 Å². The van der Waals surface area contributed by atoms with E-state index in [0.29, 0.717) is 23.6 Å². The summed E-state index contributed by atoms with van der Waals surface area (Å²) >= 11 is 0. The molecular formula is C25H23N3O3. The Kier molecular flexibility index (Phi) is 5.98. The second-order valence-electron chi connectivity index (χ2n) is 6.90. The molecule has 1 heterocycles. The number of ether oxygens (including phenoxy) is 2. The van der Waals surface area contributed by atoms with Crippen molar-refractivity contribution in [2.75, 3.05) is 14.2 Å². The molecule has 6 nitrogen and oxygen atoms in total. The molecule has 3 aromatic carbocycles. The van der Waals surface area contributed by atoms with Gasteiger partial charge in [-0.25, -0.2) is 4.68 Å². The lowest BCUT2D eigenvalue weighted by Gasteiger charge is -2.11. The van der Waals surface area contributed by atoms with Crippen LogP contribution >= 0.6 is 0 Å². The largest absolute Gasteiger partial charge is 0.497 e. The van der Waals surface area contributed by atoms with E-state index in [1.165, 1.54) is 7.11 Å². The summed E-state index contributed by atoms with van der Waals surface area (Å²) < 4.78 is 12.4. The smallest absolute Gasteiger partial charge is 0.255 e. The predicted molar refractivity (Wildman–Crippen MR) is 120 cm³/mol. The van der Waals surface area contributed by atoms with E-state index in [9.17, 15) is 4.79 Å². The number of nitrogens with one attached hydrogen (secondary N) is 1. The fraction of sp³-hybridized carbons (Fsp3) is 0.120. The van der Waals surface area contributed by atoms with Crippen LogP contribution in [0.15, 0.2) is 85.1 Å². The van der Waals surface area contributed by atoms with Gasteiger partial charge in [-0.3, -0.25) is 4.79 Å². The Morgan fingerprint density at radius 2 is 1.65 bits per heavy atom. The molecule has 4 aromatic rings. The van der Waals surface area contributed by atoms with Gasteiger partial charge in [0.05, 0.1) is 31.2 Å². The Morgan fingerprint density at radius 1 is 0.935 bits per heavy atom. The molecule has 1 N–H and O–H groups in total. The molecule has 1 amide bonds. The lowest BCUT2D eigenvalue weighted by atomic mass is 10.1. The molecule has 0 saturated heterocycles. The van der Waals surface area contributed by atoms with Gasteiger partial charge >= 0.3 is 0 Å². The topological polar surface area (TPSA) is 65.4 Å². The van der Waals surface area contributed by atoms with Crippen LogP contribution in [0.2, 0.25) is 0 Å². The number of para-hydroxylation sites is 1. The number of nitrogens with zero attached hydrogens (tertiary/aromatic N) is 2. The molecule has 0 aliphatic rings. The van der Waals surface area contributed by atoms with Gasteiger partial charge in [-0.1, -0.05) is 48.5 Å². The minimum absolute atomic E-state index is 0.231. The van der Waals surface area contributed by atoms with E-state index in [1.807, 2.05) is 71.5 Å². The van der Waals surface area contributed by atoms with Crippen LogP contribution in [0.5, 0.6) is 11.5 Å². The molecular weight excluding hydrogens is 390 g/mol. The van der Waals surface area contributed by atoms with E-state index in [4.69, 9.17) is 14.6 Å². The molecule has 0 aliphatic carbocycles. The van der Waals surface area contributed by atoms with Gasteiger partial charge in [-0.2, -0.15) is 5.10 Å². The zero-order valence-corrected chi connectivity index (χ0v) is 17.4. The molecule has 4 rings (SSSR count). The highest BCUT2D eigenvalue weighted by Crippen LogP contribution is 2.26. The number of amides is 1. The minimum atomic E-state index is -0.231. The van der Waals surface area contributed by atoms with Crippen LogP contribution in [0.3, 0.4) is 0 Å². The summed E-state index contributed by atoms with van der Waals surface area (Å²) in [5.41, 5.74) is 4.12. The summed E-state index contributed by atoms with van der Waals surface area (Å²) in [6, 6.07) is 24.9. The molecule has 31 heavy (non-hydrogen) atoms. The average Bonchev–Trinajstić information content (AvgIpc) is 3.27. The molecule has 0 bridgehead atoms. The number of methoxy groups -OCH3 is 2. The fourth-order valence-corrected chi connectivity index (χ4v) is 3.35. The van der Waals surface area contributed by atoms with Crippen molar-refractivity contribution in [3.05, 3.63) is 96.2 Å². The van der Waals surface area contributed by atoms with Crippen molar-refractivity contribution >= 4 is 5.91 Å². The highest BCUT2D eigenvalue weighted by molar-refractivity contribution is 5.97. The highest BCUT2D eigenvalue weighted by Gasteiger charge is 2.16. The molecule has 156 valence electrons. The number of aromatic nitrogens is 2. The Labute approximate surface area is 181 Å². The molecule has 0 aliphatic heterocycles. The van der Waals surface area contributed by atoms with Gasteiger partial charge in [-0.05, 0) is 24.3 Å². The van der Waals surface area contributed by atoms with Gasteiger partial charge in [0.1, 0.15) is 11.5 Å². The maximum atomic E-state index is 12.9. The van der Waals surface area contributed by atoms with Crippen LogP contribution in [0.25, 0.3) is 16.9 Å². The van der Waals surface area contributed by atoms with Crippen LogP contribution in [-0.2, 0) is 6.54 Å². The Balaban J connectivity index is 1.62. The van der Waals surface area contributed by atoms with E-state index >= 15 is 0 Å². The van der Waals surface area contributed by atoms with E-state index in [2.05, 4.69) is 5.32 Å². The number of rotatable bonds is 7. The fourth-order valence-electron chi connectivity index (χ4n) is 3.35. The van der Waals surface area contributed by atoms with Crippen molar-refractivity contribution < 1.29 is 14.3 Å². The van der Waals surface area contributed by atoms with Crippen molar-refractivity contribution in [3.63, 3.8) is 0 Å². The Morgan fingerprint density at radius 3 is 2.32 bits per heavy atom. The van der Waals surface area contributed by atoms with Gasteiger partial charge < -0.3 is 14.8 Å². The van der Waals surface area contributed by atoms with Crippen molar-refractivity contribution in [3.8, 4) is 28.4 Å². The van der Waals surface area contributed by atoms with Crippen LogP contribution in [0, 0.1) is 0 Å². The van der Waals surface area contributed by atoms with E-state index < -0.39 is 0 Å². The lowest BCUT2D eigenvalue weighted by Crippen LogP contribution is -2.23. The molecule has 0 radical (unpaired) electrons. The minimum Gasteiger partial charge on any atom is -0.497 e.